The van der Waals surface area contributed by atoms with Gasteiger partial charge < -0.3 is 10.5 Å². The fourth-order valence-corrected chi connectivity index (χ4v) is 1.87. The van der Waals surface area contributed by atoms with Crippen LogP contribution in [0.4, 0.5) is 0 Å². The first-order valence-electron chi connectivity index (χ1n) is 5.58. The Kier molecular flexibility index (Phi) is 3.02. The first kappa shape index (κ1) is 11.9. The molecule has 6 nitrogen and oxygen atoms in total. The normalized spacial score (nSPS) is 10.8. The second-order valence-electron chi connectivity index (χ2n) is 3.85. The number of aromatic nitrogens is 4. The zero-order valence-corrected chi connectivity index (χ0v) is 10.6. The van der Waals surface area contributed by atoms with E-state index in [2.05, 4.69) is 15.2 Å². The van der Waals surface area contributed by atoms with Crippen LogP contribution in [-0.2, 0) is 6.54 Å². The molecule has 3 aromatic rings. The number of hydrogen-bond donors (Lipinski definition) is 1. The van der Waals surface area contributed by atoms with Gasteiger partial charge in [-0.3, -0.25) is 4.40 Å². The average Bonchev–Trinajstić information content (AvgIpc) is 2.88. The predicted molar refractivity (Wildman–Crippen MR) is 70.2 cm³/mol. The van der Waals surface area contributed by atoms with E-state index in [1.54, 1.807) is 35.3 Å². The number of benzene rings is 1. The highest BCUT2D eigenvalue weighted by molar-refractivity contribution is 6.30. The first-order valence-corrected chi connectivity index (χ1v) is 5.96. The molecule has 7 heteroatoms. The van der Waals surface area contributed by atoms with Crippen molar-refractivity contribution in [2.24, 2.45) is 5.73 Å². The zero-order chi connectivity index (χ0) is 13.2. The van der Waals surface area contributed by atoms with E-state index in [1.807, 2.05) is 6.07 Å². The van der Waals surface area contributed by atoms with Gasteiger partial charge in [-0.25, -0.2) is 4.98 Å². The van der Waals surface area contributed by atoms with Crippen molar-refractivity contribution in [1.82, 2.24) is 19.6 Å². The highest BCUT2D eigenvalue weighted by atomic mass is 35.5. The van der Waals surface area contributed by atoms with Crippen LogP contribution >= 0.6 is 11.6 Å². The third-order valence-corrected chi connectivity index (χ3v) is 2.87. The Bertz CT molecular complexity index is 727. The highest BCUT2D eigenvalue weighted by Gasteiger charge is 2.10. The molecule has 0 aliphatic rings. The Hall–Kier alpha value is -2.18. The van der Waals surface area contributed by atoms with E-state index in [-0.39, 0.29) is 0 Å². The van der Waals surface area contributed by atoms with Crippen molar-refractivity contribution in [3.05, 3.63) is 47.5 Å². The van der Waals surface area contributed by atoms with Crippen LogP contribution in [0, 0.1) is 0 Å². The molecule has 0 amide bonds. The maximum absolute atomic E-state index is 5.96. The molecule has 2 N–H and O–H groups in total. The second-order valence-corrected chi connectivity index (χ2v) is 4.29. The molecule has 0 saturated heterocycles. The Morgan fingerprint density at radius 2 is 2.26 bits per heavy atom. The molecule has 0 aliphatic carbocycles. The van der Waals surface area contributed by atoms with Crippen LogP contribution in [0.2, 0.25) is 5.02 Å². The molecule has 19 heavy (non-hydrogen) atoms. The molecule has 2 aromatic heterocycles. The third kappa shape index (κ3) is 2.23. The monoisotopic (exact) mass is 275 g/mol. The van der Waals surface area contributed by atoms with E-state index in [0.29, 0.717) is 28.8 Å². The van der Waals surface area contributed by atoms with Gasteiger partial charge in [-0.1, -0.05) is 17.7 Å². The molecule has 3 rings (SSSR count). The summed E-state index contributed by atoms with van der Waals surface area (Å²) < 4.78 is 7.47. The lowest BCUT2D eigenvalue weighted by Gasteiger charge is -2.09. The molecule has 0 fully saturated rings. The summed E-state index contributed by atoms with van der Waals surface area (Å²) in [4.78, 5) is 4.15. The second kappa shape index (κ2) is 4.83. The average molecular weight is 276 g/mol. The number of nitrogens with zero attached hydrogens (tertiary/aromatic N) is 4. The minimum absolute atomic E-state index is 0.350. The van der Waals surface area contributed by atoms with Crippen molar-refractivity contribution in [1.29, 1.82) is 0 Å². The summed E-state index contributed by atoms with van der Waals surface area (Å²) in [6, 6.07) is 5.29. The molecular weight excluding hydrogens is 266 g/mol. The summed E-state index contributed by atoms with van der Waals surface area (Å²) in [7, 11) is 0. The number of fused-ring (bicyclic) bond motifs is 1. The minimum Gasteiger partial charge on any atom is -0.435 e. The van der Waals surface area contributed by atoms with Gasteiger partial charge in [0, 0.05) is 29.5 Å². The van der Waals surface area contributed by atoms with Crippen LogP contribution in [0.3, 0.4) is 0 Å². The lowest BCUT2D eigenvalue weighted by Crippen LogP contribution is -2.01. The van der Waals surface area contributed by atoms with E-state index < -0.39 is 0 Å². The molecule has 0 bridgehead atoms. The van der Waals surface area contributed by atoms with Gasteiger partial charge in [-0.2, -0.15) is 0 Å². The van der Waals surface area contributed by atoms with E-state index in [0.717, 1.165) is 5.56 Å². The lowest BCUT2D eigenvalue weighted by molar-refractivity contribution is 0.459. The fraction of sp³-hybridized carbons (Fsp3) is 0.0833. The van der Waals surface area contributed by atoms with Gasteiger partial charge in [0.1, 0.15) is 12.1 Å². The van der Waals surface area contributed by atoms with Crippen molar-refractivity contribution >= 4 is 17.2 Å². The van der Waals surface area contributed by atoms with E-state index in [1.165, 1.54) is 0 Å². The molecule has 0 aliphatic heterocycles. The Labute approximate surface area is 113 Å². The summed E-state index contributed by atoms with van der Waals surface area (Å²) >= 11 is 5.96. The first-order chi connectivity index (χ1) is 9.28. The Morgan fingerprint density at radius 3 is 3.11 bits per heavy atom. The molecule has 0 radical (unpaired) electrons. The van der Waals surface area contributed by atoms with E-state index in [9.17, 15) is 0 Å². The van der Waals surface area contributed by atoms with Crippen LogP contribution < -0.4 is 10.5 Å². The summed E-state index contributed by atoms with van der Waals surface area (Å²) in [5.74, 6) is 0.926. The van der Waals surface area contributed by atoms with Crippen LogP contribution in [-0.4, -0.2) is 19.6 Å². The summed E-state index contributed by atoms with van der Waals surface area (Å²) in [6.45, 7) is 0.350. The summed E-state index contributed by atoms with van der Waals surface area (Å²) in [6.07, 6.45) is 4.92. The van der Waals surface area contributed by atoms with Crippen molar-refractivity contribution in [2.45, 2.75) is 6.54 Å². The SMILES string of the molecule is NCc1ccc(Cl)cc1Oc1nccn2cnnc12. The molecule has 0 atom stereocenters. The van der Waals surface area contributed by atoms with Gasteiger partial charge >= 0.3 is 0 Å². The molecule has 0 saturated carbocycles. The van der Waals surface area contributed by atoms with Crippen LogP contribution in [0.15, 0.2) is 36.9 Å². The van der Waals surface area contributed by atoms with E-state index in [4.69, 9.17) is 22.1 Å². The maximum Gasteiger partial charge on any atom is 0.265 e. The Balaban J connectivity index is 2.05. The van der Waals surface area contributed by atoms with Crippen molar-refractivity contribution in [2.75, 3.05) is 0 Å². The molecular formula is C12H10ClN5O. The molecule has 0 spiro atoms. The largest absolute Gasteiger partial charge is 0.435 e. The smallest absolute Gasteiger partial charge is 0.265 e. The minimum atomic E-state index is 0.350. The predicted octanol–water partition coefficient (Wildman–Crippen LogP) is 2.03. The lowest BCUT2D eigenvalue weighted by atomic mass is 10.2. The third-order valence-electron chi connectivity index (χ3n) is 2.64. The van der Waals surface area contributed by atoms with Crippen molar-refractivity contribution in [3.63, 3.8) is 0 Å². The zero-order valence-electron chi connectivity index (χ0n) is 9.82. The van der Waals surface area contributed by atoms with Crippen molar-refractivity contribution < 1.29 is 4.74 Å². The van der Waals surface area contributed by atoms with Crippen LogP contribution in [0.5, 0.6) is 11.6 Å². The topological polar surface area (TPSA) is 78.3 Å². The molecule has 1 aromatic carbocycles. The van der Waals surface area contributed by atoms with Gasteiger partial charge in [-0.05, 0) is 12.1 Å². The highest BCUT2D eigenvalue weighted by Crippen LogP contribution is 2.28. The van der Waals surface area contributed by atoms with Crippen LogP contribution in [0.1, 0.15) is 5.56 Å². The number of halogens is 1. The molecule has 96 valence electrons. The molecule has 0 unspecified atom stereocenters. The summed E-state index contributed by atoms with van der Waals surface area (Å²) in [5.41, 5.74) is 7.04. The van der Waals surface area contributed by atoms with Gasteiger partial charge in [-0.15, -0.1) is 10.2 Å². The van der Waals surface area contributed by atoms with Gasteiger partial charge in [0.25, 0.3) is 5.88 Å². The summed E-state index contributed by atoms with van der Waals surface area (Å²) in [5, 5.41) is 8.33. The van der Waals surface area contributed by atoms with E-state index >= 15 is 0 Å². The maximum atomic E-state index is 5.96. The number of hydrogen-bond acceptors (Lipinski definition) is 5. The fourth-order valence-electron chi connectivity index (χ4n) is 1.70. The van der Waals surface area contributed by atoms with Crippen molar-refractivity contribution in [3.8, 4) is 11.6 Å². The molecule has 2 heterocycles. The Morgan fingerprint density at radius 1 is 1.37 bits per heavy atom. The van der Waals surface area contributed by atoms with Gasteiger partial charge in [0.05, 0.1) is 0 Å². The van der Waals surface area contributed by atoms with Gasteiger partial charge in [0.2, 0.25) is 5.65 Å². The van der Waals surface area contributed by atoms with Crippen LogP contribution in [0.25, 0.3) is 5.65 Å². The number of ether oxygens (including phenoxy) is 1. The number of nitrogens with two attached hydrogens (primary N) is 1. The van der Waals surface area contributed by atoms with Gasteiger partial charge in [0.15, 0.2) is 0 Å². The quantitative estimate of drug-likeness (QED) is 0.791. The number of rotatable bonds is 3. The standard InChI is InChI=1S/C12H10ClN5O/c13-9-2-1-8(6-14)10(5-9)19-12-11-17-16-7-18(11)4-3-15-12/h1-5,7H,6,14H2.